The van der Waals surface area contributed by atoms with Gasteiger partial charge in [0.1, 0.15) is 29.3 Å². The molecule has 0 saturated carbocycles. The van der Waals surface area contributed by atoms with Gasteiger partial charge in [0, 0.05) is 21.1 Å². The van der Waals surface area contributed by atoms with Crippen molar-refractivity contribution in [2.24, 2.45) is 10.4 Å². The zero-order valence-electron chi connectivity index (χ0n) is 14.7. The van der Waals surface area contributed by atoms with E-state index in [1.165, 1.54) is 7.11 Å². The maximum Gasteiger partial charge on any atom is 0.287 e. The lowest BCUT2D eigenvalue weighted by molar-refractivity contribution is 0.271. The first-order chi connectivity index (χ1) is 13.7. The molecule has 0 fully saturated rings. The first kappa shape index (κ1) is 21.5. The molecule has 0 aliphatic carbocycles. The molecule has 0 aliphatic heterocycles. The second-order valence-corrected chi connectivity index (χ2v) is 5.38. The van der Waals surface area contributed by atoms with E-state index in [-0.39, 0.29) is 25.9 Å². The van der Waals surface area contributed by atoms with Crippen LogP contribution in [0, 0.1) is 9.81 Å². The molecule has 2 heterocycles. The van der Waals surface area contributed by atoms with Crippen molar-refractivity contribution in [2.45, 2.75) is 7.43 Å². The number of rotatable bonds is 6. The Balaban J connectivity index is 0.000000200. The van der Waals surface area contributed by atoms with E-state index in [9.17, 15) is 9.81 Å². The number of aliphatic hydroxyl groups excluding tert-OH is 1. The van der Waals surface area contributed by atoms with E-state index in [1.54, 1.807) is 24.3 Å². The first-order valence-corrected chi connectivity index (χ1v) is 8.07. The summed E-state index contributed by atoms with van der Waals surface area (Å²) in [4.78, 5) is 25.6. The van der Waals surface area contributed by atoms with Gasteiger partial charge in [-0.1, -0.05) is 31.7 Å². The minimum atomic E-state index is -0.272. The van der Waals surface area contributed by atoms with Gasteiger partial charge in [-0.2, -0.15) is 0 Å². The fourth-order valence-electron chi connectivity index (χ4n) is 2.64. The predicted octanol–water partition coefficient (Wildman–Crippen LogP) is 5.63. The zero-order valence-corrected chi connectivity index (χ0v) is 14.7. The molecule has 2 aromatic carbocycles. The number of hydrogen-bond donors (Lipinski definition) is 3. The summed E-state index contributed by atoms with van der Waals surface area (Å²) in [6.07, 6.45) is 0. The van der Waals surface area contributed by atoms with Gasteiger partial charge in [-0.3, -0.25) is 10.3 Å². The highest BCUT2D eigenvalue weighted by atomic mass is 16.6. The van der Waals surface area contributed by atoms with Gasteiger partial charge in [0.25, 0.3) is 11.8 Å². The molecule has 0 amide bonds. The molecular weight excluding hydrogens is 380 g/mol. The van der Waals surface area contributed by atoms with Crippen LogP contribution in [0.3, 0.4) is 0 Å². The fourth-order valence-corrected chi connectivity index (χ4v) is 2.64. The number of fused-ring (bicyclic) bond motifs is 2. The Morgan fingerprint density at radius 2 is 1.38 bits per heavy atom. The second-order valence-electron chi connectivity index (χ2n) is 5.38. The number of nitrogens with one attached hydrogen (secondary N) is 2. The normalized spacial score (nSPS) is 10.0. The third kappa shape index (κ3) is 4.39. The Hall–Kier alpha value is -3.76. The van der Waals surface area contributed by atoms with Crippen molar-refractivity contribution in [3.63, 3.8) is 0 Å². The minimum Gasteiger partial charge on any atom is -0.434 e. The predicted molar refractivity (Wildman–Crippen MR) is 111 cm³/mol. The summed E-state index contributed by atoms with van der Waals surface area (Å²) >= 11 is 0. The Bertz CT molecular complexity index is 1020. The Morgan fingerprint density at radius 1 is 0.897 bits per heavy atom. The quantitative estimate of drug-likeness (QED) is 0.215. The van der Waals surface area contributed by atoms with Crippen molar-refractivity contribution >= 4 is 45.1 Å². The van der Waals surface area contributed by atoms with E-state index in [1.807, 2.05) is 24.3 Å². The molecule has 0 saturated heterocycles. The van der Waals surface area contributed by atoms with E-state index < -0.39 is 0 Å². The monoisotopic (exact) mass is 400 g/mol. The highest BCUT2D eigenvalue weighted by Gasteiger charge is 2.14. The van der Waals surface area contributed by atoms with Gasteiger partial charge in [0.15, 0.2) is 0 Å². The lowest BCUT2D eigenvalue weighted by Crippen LogP contribution is -1.98. The number of para-hydroxylation sites is 2. The van der Waals surface area contributed by atoms with Crippen molar-refractivity contribution in [2.75, 3.05) is 24.6 Å². The molecule has 4 aromatic rings. The standard InChI is InChI=1S/2C9H8N2O3.CH4/c1-13-11-8-6-4-2-3-5-7(6)14-9(8)10-12;12-5-10-8-6-3-1-2-4-7(6)14-9(8)11-13;/h2-5,11H,1H3;1-4,10,12H,5H2;1H4. The zero-order chi connectivity index (χ0) is 19.9. The molecule has 29 heavy (non-hydrogen) atoms. The molecule has 2 aromatic heterocycles. The van der Waals surface area contributed by atoms with E-state index in [2.05, 4.69) is 21.2 Å². The summed E-state index contributed by atoms with van der Waals surface area (Å²) in [5, 5.41) is 18.3. The summed E-state index contributed by atoms with van der Waals surface area (Å²) in [5.41, 5.74) is 4.61. The van der Waals surface area contributed by atoms with Crippen LogP contribution in [0.1, 0.15) is 7.43 Å². The maximum absolute atomic E-state index is 10.4. The van der Waals surface area contributed by atoms with Crippen LogP contribution in [-0.2, 0) is 4.84 Å². The van der Waals surface area contributed by atoms with Crippen LogP contribution in [0.25, 0.3) is 21.9 Å². The summed E-state index contributed by atoms with van der Waals surface area (Å²) in [7, 11) is 1.45. The highest BCUT2D eigenvalue weighted by Crippen LogP contribution is 2.37. The SMILES string of the molecule is C.CONc1c(N=O)oc2ccccc12.O=Nc1oc2ccccc2c1NCO. The van der Waals surface area contributed by atoms with Crippen LogP contribution in [0.2, 0.25) is 0 Å². The largest absolute Gasteiger partial charge is 0.434 e. The highest BCUT2D eigenvalue weighted by molar-refractivity contribution is 5.96. The molecule has 10 heteroatoms. The van der Waals surface area contributed by atoms with E-state index in [0.717, 1.165) is 10.8 Å². The molecule has 0 radical (unpaired) electrons. The minimum absolute atomic E-state index is 0. The maximum atomic E-state index is 10.4. The molecule has 0 aliphatic rings. The van der Waals surface area contributed by atoms with E-state index in [0.29, 0.717) is 22.5 Å². The molecule has 0 atom stereocenters. The topological polar surface area (TPSA) is 139 Å². The molecule has 152 valence electrons. The van der Waals surface area contributed by atoms with Gasteiger partial charge in [-0.25, -0.2) is 0 Å². The average Bonchev–Trinajstić information content (AvgIpc) is 3.27. The summed E-state index contributed by atoms with van der Waals surface area (Å²) in [6.45, 7) is -0.272. The number of anilines is 2. The van der Waals surface area contributed by atoms with E-state index in [4.69, 9.17) is 18.8 Å². The number of nitroso groups, excluding NO2 is 2. The lowest BCUT2D eigenvalue weighted by atomic mass is 10.2. The first-order valence-electron chi connectivity index (χ1n) is 8.07. The van der Waals surface area contributed by atoms with Gasteiger partial charge in [-0.15, -0.1) is 9.81 Å². The Morgan fingerprint density at radius 3 is 1.86 bits per heavy atom. The van der Waals surface area contributed by atoms with Crippen LogP contribution in [0.15, 0.2) is 67.7 Å². The number of benzene rings is 2. The van der Waals surface area contributed by atoms with Gasteiger partial charge in [0.2, 0.25) is 0 Å². The summed E-state index contributed by atoms with van der Waals surface area (Å²) < 4.78 is 10.3. The molecular formula is C19H20N4O6. The van der Waals surface area contributed by atoms with Gasteiger partial charge in [-0.05, 0) is 24.3 Å². The van der Waals surface area contributed by atoms with Crippen molar-refractivity contribution in [1.29, 1.82) is 0 Å². The van der Waals surface area contributed by atoms with Gasteiger partial charge >= 0.3 is 0 Å². The van der Waals surface area contributed by atoms with Crippen molar-refractivity contribution in [3.8, 4) is 0 Å². The smallest absolute Gasteiger partial charge is 0.287 e. The van der Waals surface area contributed by atoms with Crippen LogP contribution in [0.4, 0.5) is 23.1 Å². The number of hydrogen-bond acceptors (Lipinski definition) is 10. The molecule has 0 unspecified atom stereocenters. The number of nitrogens with zero attached hydrogens (tertiary/aromatic N) is 2. The summed E-state index contributed by atoms with van der Waals surface area (Å²) in [5.74, 6) is -0.0479. The van der Waals surface area contributed by atoms with Crippen molar-refractivity contribution in [1.82, 2.24) is 0 Å². The Labute approximate surface area is 165 Å². The lowest BCUT2D eigenvalue weighted by Gasteiger charge is -1.98. The van der Waals surface area contributed by atoms with Gasteiger partial charge < -0.3 is 19.3 Å². The van der Waals surface area contributed by atoms with Crippen LogP contribution in [0.5, 0.6) is 0 Å². The van der Waals surface area contributed by atoms with Crippen LogP contribution in [-0.4, -0.2) is 18.9 Å². The number of furan rings is 2. The third-order valence-corrected chi connectivity index (χ3v) is 3.78. The molecule has 0 bridgehead atoms. The van der Waals surface area contributed by atoms with Crippen molar-refractivity contribution in [3.05, 3.63) is 58.3 Å². The van der Waals surface area contributed by atoms with Gasteiger partial charge in [0.05, 0.1) is 7.11 Å². The summed E-state index contributed by atoms with van der Waals surface area (Å²) in [6, 6.07) is 14.3. The Kier molecular flexibility index (Phi) is 7.40. The van der Waals surface area contributed by atoms with Crippen LogP contribution < -0.4 is 10.8 Å². The molecule has 3 N–H and O–H groups in total. The molecule has 4 rings (SSSR count). The van der Waals surface area contributed by atoms with Crippen molar-refractivity contribution < 1.29 is 18.8 Å². The molecule has 0 spiro atoms. The van der Waals surface area contributed by atoms with Crippen LogP contribution >= 0.6 is 0 Å². The number of aliphatic hydroxyl groups is 1. The second kappa shape index (κ2) is 9.97. The molecule has 10 nitrogen and oxygen atoms in total. The third-order valence-electron chi connectivity index (χ3n) is 3.78. The average molecular weight is 400 g/mol. The van der Waals surface area contributed by atoms with E-state index >= 15 is 0 Å². The fraction of sp³-hybridized carbons (Fsp3) is 0.158.